The van der Waals surface area contributed by atoms with Crippen LogP contribution in [0.1, 0.15) is 35.1 Å². The summed E-state index contributed by atoms with van der Waals surface area (Å²) in [7, 11) is 1.37. The quantitative estimate of drug-likeness (QED) is 0.790. The molecule has 1 aliphatic carbocycles. The molecule has 2 aromatic rings. The maximum absolute atomic E-state index is 13.2. The van der Waals surface area contributed by atoms with Crippen molar-refractivity contribution in [3.05, 3.63) is 47.0 Å². The van der Waals surface area contributed by atoms with Gasteiger partial charge in [0.15, 0.2) is 11.8 Å². The summed E-state index contributed by atoms with van der Waals surface area (Å²) in [5, 5.41) is 8.62. The molecule has 1 unspecified atom stereocenters. The first-order valence-corrected chi connectivity index (χ1v) is 8.51. The fourth-order valence-corrected chi connectivity index (χ4v) is 2.94. The summed E-state index contributed by atoms with van der Waals surface area (Å²) in [5.41, 5.74) is 2.41. The number of carbonyl (C=O) groups excluding carboxylic acids is 3. The third-order valence-electron chi connectivity index (χ3n) is 4.31. The number of carbonyl (C=O) groups is 3. The van der Waals surface area contributed by atoms with Gasteiger partial charge in [-0.1, -0.05) is 0 Å². The lowest BCUT2D eigenvalue weighted by atomic mass is 10.2. The monoisotopic (exact) mass is 374 g/mol. The maximum Gasteiger partial charge on any atom is 0.359 e. The predicted molar refractivity (Wildman–Crippen MR) is 93.0 cm³/mol. The molecule has 9 heteroatoms. The van der Waals surface area contributed by atoms with E-state index in [2.05, 4.69) is 10.4 Å². The first-order valence-electron chi connectivity index (χ1n) is 8.51. The molecule has 3 rings (SSSR count). The van der Waals surface area contributed by atoms with E-state index >= 15 is 0 Å². The van der Waals surface area contributed by atoms with Crippen LogP contribution < -0.4 is 10.6 Å². The van der Waals surface area contributed by atoms with Crippen LogP contribution >= 0.6 is 0 Å². The SMILES string of the molecule is CNC(=O)NC(=O)C(C)OC(=O)c1nn(-c2ccc(F)cc2)c2c1CCC2. The molecule has 27 heavy (non-hydrogen) atoms. The largest absolute Gasteiger partial charge is 0.448 e. The Morgan fingerprint density at radius 2 is 1.93 bits per heavy atom. The van der Waals surface area contributed by atoms with E-state index in [4.69, 9.17) is 4.74 Å². The molecule has 0 aliphatic heterocycles. The van der Waals surface area contributed by atoms with E-state index in [1.54, 1.807) is 16.8 Å². The van der Waals surface area contributed by atoms with Gasteiger partial charge in [-0.2, -0.15) is 5.10 Å². The molecule has 1 aromatic heterocycles. The van der Waals surface area contributed by atoms with E-state index < -0.39 is 24.0 Å². The number of fused-ring (bicyclic) bond motifs is 1. The Hall–Kier alpha value is -3.23. The van der Waals surface area contributed by atoms with Gasteiger partial charge in [-0.15, -0.1) is 0 Å². The second kappa shape index (κ2) is 7.56. The minimum Gasteiger partial charge on any atom is -0.448 e. The first-order chi connectivity index (χ1) is 12.9. The topological polar surface area (TPSA) is 102 Å². The van der Waals surface area contributed by atoms with Crippen molar-refractivity contribution in [2.45, 2.75) is 32.3 Å². The molecule has 0 bridgehead atoms. The number of nitrogens with one attached hydrogen (secondary N) is 2. The minimum atomic E-state index is -1.16. The first kappa shape index (κ1) is 18.6. The Morgan fingerprint density at radius 1 is 1.22 bits per heavy atom. The number of amides is 3. The molecule has 1 aromatic carbocycles. The van der Waals surface area contributed by atoms with Crippen molar-refractivity contribution < 1.29 is 23.5 Å². The minimum absolute atomic E-state index is 0.131. The Morgan fingerprint density at radius 3 is 2.59 bits per heavy atom. The van der Waals surface area contributed by atoms with Crippen LogP contribution in [0.2, 0.25) is 0 Å². The Kier molecular flexibility index (Phi) is 5.20. The number of hydrogen-bond donors (Lipinski definition) is 2. The lowest BCUT2D eigenvalue weighted by Crippen LogP contribution is -2.43. The highest BCUT2D eigenvalue weighted by atomic mass is 19.1. The summed E-state index contributed by atoms with van der Waals surface area (Å²) in [6.07, 6.45) is 1.10. The van der Waals surface area contributed by atoms with Crippen LogP contribution in [0.15, 0.2) is 24.3 Å². The second-order valence-corrected chi connectivity index (χ2v) is 6.13. The molecule has 2 N–H and O–H groups in total. The number of imide groups is 1. The highest BCUT2D eigenvalue weighted by Gasteiger charge is 2.30. The lowest BCUT2D eigenvalue weighted by Gasteiger charge is -2.12. The van der Waals surface area contributed by atoms with Gasteiger partial charge in [0.2, 0.25) is 0 Å². The van der Waals surface area contributed by atoms with E-state index in [1.165, 1.54) is 26.1 Å². The van der Waals surface area contributed by atoms with Crippen molar-refractivity contribution in [2.75, 3.05) is 7.05 Å². The number of ether oxygens (including phenoxy) is 1. The third kappa shape index (κ3) is 3.81. The molecular formula is C18H19FN4O4. The van der Waals surface area contributed by atoms with Crippen LogP contribution in [-0.4, -0.2) is 40.8 Å². The molecule has 1 aliphatic rings. The van der Waals surface area contributed by atoms with Crippen molar-refractivity contribution in [3.63, 3.8) is 0 Å². The molecule has 0 fully saturated rings. The average Bonchev–Trinajstić information content (AvgIpc) is 3.24. The molecule has 142 valence electrons. The smallest absolute Gasteiger partial charge is 0.359 e. The summed E-state index contributed by atoms with van der Waals surface area (Å²) < 4.78 is 20.0. The molecule has 1 atom stereocenters. The second-order valence-electron chi connectivity index (χ2n) is 6.13. The Bertz CT molecular complexity index is 892. The number of urea groups is 1. The van der Waals surface area contributed by atoms with Crippen LogP contribution in [0.25, 0.3) is 5.69 Å². The van der Waals surface area contributed by atoms with Gasteiger partial charge in [0.1, 0.15) is 5.82 Å². The van der Waals surface area contributed by atoms with E-state index in [-0.39, 0.29) is 11.5 Å². The summed E-state index contributed by atoms with van der Waals surface area (Å²) >= 11 is 0. The van der Waals surface area contributed by atoms with Gasteiger partial charge in [-0.3, -0.25) is 10.1 Å². The van der Waals surface area contributed by atoms with E-state index in [0.29, 0.717) is 12.1 Å². The average molecular weight is 374 g/mol. The number of halogens is 1. The Labute approximate surface area is 154 Å². The molecule has 1 heterocycles. The Balaban J connectivity index is 1.81. The number of rotatable bonds is 4. The summed E-state index contributed by atoms with van der Waals surface area (Å²) in [6.45, 7) is 1.37. The molecule has 8 nitrogen and oxygen atoms in total. The van der Waals surface area contributed by atoms with Gasteiger partial charge in [-0.05, 0) is 50.5 Å². The van der Waals surface area contributed by atoms with E-state index in [1.807, 2.05) is 5.32 Å². The lowest BCUT2D eigenvalue weighted by molar-refractivity contribution is -0.127. The van der Waals surface area contributed by atoms with Gasteiger partial charge >= 0.3 is 12.0 Å². The zero-order valence-corrected chi connectivity index (χ0v) is 14.9. The van der Waals surface area contributed by atoms with Crippen molar-refractivity contribution in [3.8, 4) is 5.69 Å². The molecule has 0 saturated carbocycles. The van der Waals surface area contributed by atoms with Crippen molar-refractivity contribution >= 4 is 17.9 Å². The zero-order valence-electron chi connectivity index (χ0n) is 14.9. The van der Waals surface area contributed by atoms with Crippen LogP contribution in [-0.2, 0) is 22.4 Å². The van der Waals surface area contributed by atoms with E-state index in [9.17, 15) is 18.8 Å². The molecular weight excluding hydrogens is 355 g/mol. The predicted octanol–water partition coefficient (Wildman–Crippen LogP) is 1.50. The molecule has 0 spiro atoms. The van der Waals surface area contributed by atoms with E-state index in [0.717, 1.165) is 24.1 Å². The zero-order chi connectivity index (χ0) is 19.6. The number of hydrogen-bond acceptors (Lipinski definition) is 5. The molecule has 0 saturated heterocycles. The third-order valence-corrected chi connectivity index (χ3v) is 4.31. The van der Waals surface area contributed by atoms with Crippen molar-refractivity contribution in [1.82, 2.24) is 20.4 Å². The fraction of sp³-hybridized carbons (Fsp3) is 0.333. The van der Waals surface area contributed by atoms with Gasteiger partial charge in [0, 0.05) is 18.3 Å². The maximum atomic E-state index is 13.2. The summed E-state index contributed by atoms with van der Waals surface area (Å²) in [5.74, 6) is -1.84. The standard InChI is InChI=1S/C18H19FN4O4/c1-10(16(24)21-18(26)20-2)27-17(25)15-13-4-3-5-14(13)23(22-15)12-8-6-11(19)7-9-12/h6-10H,3-5H2,1-2H3,(H2,20,21,24,26). The van der Waals surface area contributed by atoms with Crippen LogP contribution in [0.4, 0.5) is 9.18 Å². The van der Waals surface area contributed by atoms with Gasteiger partial charge < -0.3 is 10.1 Å². The highest BCUT2D eigenvalue weighted by Crippen LogP contribution is 2.28. The number of nitrogens with zero attached hydrogens (tertiary/aromatic N) is 2. The summed E-state index contributed by atoms with van der Waals surface area (Å²) in [6, 6.07) is 5.11. The molecule has 0 radical (unpaired) electrons. The normalized spacial score (nSPS) is 13.6. The number of aromatic nitrogens is 2. The molecule has 3 amide bonds. The van der Waals surface area contributed by atoms with Crippen LogP contribution in [0, 0.1) is 5.82 Å². The summed E-state index contributed by atoms with van der Waals surface area (Å²) in [4.78, 5) is 35.6. The van der Waals surface area contributed by atoms with Crippen molar-refractivity contribution in [1.29, 1.82) is 0 Å². The highest BCUT2D eigenvalue weighted by molar-refractivity contribution is 5.98. The number of esters is 1. The van der Waals surface area contributed by atoms with Gasteiger partial charge in [-0.25, -0.2) is 18.7 Å². The van der Waals surface area contributed by atoms with Crippen molar-refractivity contribution in [2.24, 2.45) is 0 Å². The van der Waals surface area contributed by atoms with Gasteiger partial charge in [0.25, 0.3) is 5.91 Å². The van der Waals surface area contributed by atoms with Gasteiger partial charge in [0.05, 0.1) is 5.69 Å². The number of benzene rings is 1. The fourth-order valence-electron chi connectivity index (χ4n) is 2.94. The van der Waals surface area contributed by atoms with Crippen LogP contribution in [0.5, 0.6) is 0 Å². The van der Waals surface area contributed by atoms with Crippen LogP contribution in [0.3, 0.4) is 0 Å².